The molecule has 0 fully saturated rings. The molecule has 1 unspecified atom stereocenters. The number of rotatable bonds is 6. The molecule has 2 N–H and O–H groups in total. The first-order valence-electron chi connectivity index (χ1n) is 6.92. The van der Waals surface area contributed by atoms with E-state index in [9.17, 15) is 9.59 Å². The number of nitrogens with zero attached hydrogens (tertiary/aromatic N) is 1. The minimum atomic E-state index is -0.130. The van der Waals surface area contributed by atoms with E-state index < -0.39 is 0 Å². The van der Waals surface area contributed by atoms with Crippen LogP contribution < -0.4 is 10.2 Å². The lowest BCUT2D eigenvalue weighted by molar-refractivity contribution is -0.862. The quantitative estimate of drug-likeness (QED) is 0.811. The Labute approximate surface area is 130 Å². The number of amides is 2. The van der Waals surface area contributed by atoms with E-state index in [4.69, 9.17) is 11.6 Å². The zero-order valence-corrected chi connectivity index (χ0v) is 13.7. The Kier molecular flexibility index (Phi) is 6.65. The van der Waals surface area contributed by atoms with Crippen LogP contribution in [0, 0.1) is 0 Å². The molecule has 21 heavy (non-hydrogen) atoms. The van der Waals surface area contributed by atoms with E-state index in [0.29, 0.717) is 17.3 Å². The summed E-state index contributed by atoms with van der Waals surface area (Å²) in [5.74, 6) is -0.100. The molecule has 0 aromatic heterocycles. The van der Waals surface area contributed by atoms with Gasteiger partial charge in [0.05, 0.1) is 7.05 Å². The molecule has 0 saturated carbocycles. The topological polar surface area (TPSA) is 53.9 Å². The minimum absolute atomic E-state index is 0.0294. The van der Waals surface area contributed by atoms with Crippen LogP contribution in [0.15, 0.2) is 24.3 Å². The molecule has 1 atom stereocenters. The number of benzene rings is 1. The largest absolute Gasteiger partial charge is 0.338 e. The van der Waals surface area contributed by atoms with E-state index in [1.54, 1.807) is 36.2 Å². The highest BCUT2D eigenvalue weighted by atomic mass is 35.5. The van der Waals surface area contributed by atoms with Gasteiger partial charge in [-0.2, -0.15) is 0 Å². The van der Waals surface area contributed by atoms with Crippen LogP contribution in [-0.2, 0) is 9.59 Å². The standard InChI is InChI=1S/C15H22ClN3O2/c1-11(2)19(4)15(21)10-18(3)9-14(20)17-13-7-5-12(16)6-8-13/h5-8,11H,9-10H2,1-4H3,(H,17,20)/p+1. The van der Waals surface area contributed by atoms with Crippen LogP contribution in [0.3, 0.4) is 0 Å². The number of nitrogens with one attached hydrogen (secondary N) is 2. The van der Waals surface area contributed by atoms with Gasteiger partial charge >= 0.3 is 0 Å². The monoisotopic (exact) mass is 312 g/mol. The molecule has 1 aromatic carbocycles. The summed E-state index contributed by atoms with van der Waals surface area (Å²) in [4.78, 5) is 26.4. The van der Waals surface area contributed by atoms with Gasteiger partial charge in [-0.1, -0.05) is 11.6 Å². The molecule has 2 amide bonds. The SMILES string of the molecule is CC(C)N(C)C(=O)C[NH+](C)CC(=O)Nc1ccc(Cl)cc1. The van der Waals surface area contributed by atoms with Crippen molar-refractivity contribution in [2.45, 2.75) is 19.9 Å². The van der Waals surface area contributed by atoms with Crippen molar-refractivity contribution in [1.29, 1.82) is 0 Å². The third-order valence-corrected chi connectivity index (χ3v) is 3.46. The van der Waals surface area contributed by atoms with Crippen molar-refractivity contribution >= 4 is 29.1 Å². The zero-order valence-electron chi connectivity index (χ0n) is 12.9. The lowest BCUT2D eigenvalue weighted by Crippen LogP contribution is -3.11. The lowest BCUT2D eigenvalue weighted by Gasteiger charge is -2.23. The van der Waals surface area contributed by atoms with Gasteiger partial charge in [-0.25, -0.2) is 0 Å². The Morgan fingerprint density at radius 2 is 1.81 bits per heavy atom. The summed E-state index contributed by atoms with van der Waals surface area (Å²) >= 11 is 5.79. The highest BCUT2D eigenvalue weighted by molar-refractivity contribution is 6.30. The van der Waals surface area contributed by atoms with Crippen molar-refractivity contribution in [2.24, 2.45) is 0 Å². The zero-order chi connectivity index (χ0) is 16.0. The smallest absolute Gasteiger partial charge is 0.279 e. The molecular weight excluding hydrogens is 290 g/mol. The molecule has 5 nitrogen and oxygen atoms in total. The third kappa shape index (κ3) is 6.14. The Bertz CT molecular complexity index is 488. The van der Waals surface area contributed by atoms with Crippen molar-refractivity contribution in [1.82, 2.24) is 4.90 Å². The van der Waals surface area contributed by atoms with Gasteiger partial charge in [0, 0.05) is 23.8 Å². The highest BCUT2D eigenvalue weighted by Crippen LogP contribution is 2.12. The Morgan fingerprint density at radius 3 is 2.33 bits per heavy atom. The van der Waals surface area contributed by atoms with Crippen molar-refractivity contribution in [3.05, 3.63) is 29.3 Å². The summed E-state index contributed by atoms with van der Waals surface area (Å²) < 4.78 is 0. The first-order chi connectivity index (χ1) is 9.79. The van der Waals surface area contributed by atoms with Gasteiger partial charge in [-0.05, 0) is 38.1 Å². The van der Waals surface area contributed by atoms with E-state index in [2.05, 4.69) is 5.32 Å². The molecule has 0 bridgehead atoms. The van der Waals surface area contributed by atoms with Crippen molar-refractivity contribution in [2.75, 3.05) is 32.5 Å². The number of carbonyl (C=O) groups excluding carboxylic acids is 2. The molecule has 0 aliphatic heterocycles. The third-order valence-electron chi connectivity index (χ3n) is 3.21. The maximum atomic E-state index is 11.9. The molecule has 0 saturated heterocycles. The minimum Gasteiger partial charge on any atom is -0.338 e. The van der Waals surface area contributed by atoms with E-state index in [1.165, 1.54) is 0 Å². The second-order valence-corrected chi connectivity index (χ2v) is 5.90. The number of hydrogen-bond donors (Lipinski definition) is 2. The summed E-state index contributed by atoms with van der Waals surface area (Å²) in [6.45, 7) is 4.45. The summed E-state index contributed by atoms with van der Waals surface area (Å²) in [6.07, 6.45) is 0. The molecule has 0 spiro atoms. The van der Waals surface area contributed by atoms with Crippen LogP contribution in [0.4, 0.5) is 5.69 Å². The van der Waals surface area contributed by atoms with Crippen LogP contribution in [0.25, 0.3) is 0 Å². The van der Waals surface area contributed by atoms with E-state index in [-0.39, 0.29) is 24.4 Å². The van der Waals surface area contributed by atoms with Gasteiger partial charge in [-0.3, -0.25) is 9.59 Å². The molecule has 0 radical (unpaired) electrons. The van der Waals surface area contributed by atoms with Gasteiger partial charge in [0.1, 0.15) is 0 Å². The number of halogens is 1. The van der Waals surface area contributed by atoms with Crippen LogP contribution in [-0.4, -0.2) is 49.9 Å². The van der Waals surface area contributed by atoms with E-state index >= 15 is 0 Å². The predicted molar refractivity (Wildman–Crippen MR) is 84.6 cm³/mol. The number of carbonyl (C=O) groups is 2. The van der Waals surface area contributed by atoms with E-state index in [0.717, 1.165) is 4.90 Å². The number of anilines is 1. The van der Waals surface area contributed by atoms with Gasteiger partial charge in [-0.15, -0.1) is 0 Å². The first-order valence-corrected chi connectivity index (χ1v) is 7.29. The Balaban J connectivity index is 2.43. The molecule has 0 heterocycles. The summed E-state index contributed by atoms with van der Waals surface area (Å²) in [7, 11) is 3.60. The molecule has 1 aromatic rings. The van der Waals surface area contributed by atoms with E-state index in [1.807, 2.05) is 20.9 Å². The molecule has 0 aliphatic rings. The highest BCUT2D eigenvalue weighted by Gasteiger charge is 2.18. The second kappa shape index (κ2) is 8.00. The first kappa shape index (κ1) is 17.5. The maximum absolute atomic E-state index is 11.9. The van der Waals surface area contributed by atoms with Crippen molar-refractivity contribution in [3.63, 3.8) is 0 Å². The average molecular weight is 313 g/mol. The fourth-order valence-corrected chi connectivity index (χ4v) is 1.87. The summed E-state index contributed by atoms with van der Waals surface area (Å²) in [5.41, 5.74) is 0.697. The lowest BCUT2D eigenvalue weighted by atomic mass is 10.3. The number of quaternary nitrogens is 1. The van der Waals surface area contributed by atoms with Gasteiger partial charge < -0.3 is 15.1 Å². The number of likely N-dealkylation sites (N-methyl/N-ethyl adjacent to an activating group) is 2. The van der Waals surface area contributed by atoms with Crippen LogP contribution >= 0.6 is 11.6 Å². The fraction of sp³-hybridized carbons (Fsp3) is 0.467. The average Bonchev–Trinajstić information content (AvgIpc) is 2.39. The molecular formula is C15H23ClN3O2+. The maximum Gasteiger partial charge on any atom is 0.279 e. The van der Waals surface area contributed by atoms with Crippen molar-refractivity contribution in [3.8, 4) is 0 Å². The van der Waals surface area contributed by atoms with Gasteiger partial charge in [0.2, 0.25) is 0 Å². The number of hydrogen-bond acceptors (Lipinski definition) is 2. The molecule has 0 aliphatic carbocycles. The van der Waals surface area contributed by atoms with Crippen LogP contribution in [0.1, 0.15) is 13.8 Å². The fourth-order valence-electron chi connectivity index (χ4n) is 1.75. The predicted octanol–water partition coefficient (Wildman–Crippen LogP) is 0.660. The Hall–Kier alpha value is -1.59. The van der Waals surface area contributed by atoms with Crippen molar-refractivity contribution < 1.29 is 14.5 Å². The van der Waals surface area contributed by atoms with Crippen LogP contribution in [0.2, 0.25) is 5.02 Å². The summed E-state index contributed by atoms with van der Waals surface area (Å²) in [5, 5.41) is 3.41. The Morgan fingerprint density at radius 1 is 1.24 bits per heavy atom. The van der Waals surface area contributed by atoms with Gasteiger partial charge in [0.25, 0.3) is 11.8 Å². The van der Waals surface area contributed by atoms with Gasteiger partial charge in [0.15, 0.2) is 13.1 Å². The molecule has 1 rings (SSSR count). The molecule has 6 heteroatoms. The summed E-state index contributed by atoms with van der Waals surface area (Å²) in [6, 6.07) is 7.08. The second-order valence-electron chi connectivity index (χ2n) is 5.46. The molecule has 116 valence electrons. The van der Waals surface area contributed by atoms with Crippen LogP contribution in [0.5, 0.6) is 0 Å². The normalized spacial score (nSPS) is 12.1.